The topological polar surface area (TPSA) is 4.93 Å². The third-order valence-corrected chi connectivity index (χ3v) is 12.7. The number of rotatable bonds is 5. The lowest BCUT2D eigenvalue weighted by Gasteiger charge is -2.31. The molecule has 1 aromatic heterocycles. The molecule has 6 aromatic carbocycles. The van der Waals surface area contributed by atoms with Gasteiger partial charge in [0.15, 0.2) is 0 Å². The second-order valence-corrected chi connectivity index (χ2v) is 14.3. The Balaban J connectivity index is 1.46. The Bertz CT molecular complexity index is 1830. The molecule has 0 radical (unpaired) electrons. The summed E-state index contributed by atoms with van der Waals surface area (Å²) in [6.07, 6.45) is 0. The molecule has 2 heteroatoms. The van der Waals surface area contributed by atoms with Gasteiger partial charge in [0.25, 0.3) is 0 Å². The molecule has 0 amide bonds. The lowest BCUT2D eigenvalue weighted by Crippen LogP contribution is -2.65. The van der Waals surface area contributed by atoms with Crippen LogP contribution in [0.4, 0.5) is 0 Å². The summed E-state index contributed by atoms with van der Waals surface area (Å²) in [4.78, 5) is 0. The van der Waals surface area contributed by atoms with Gasteiger partial charge in [-0.3, -0.25) is 0 Å². The van der Waals surface area contributed by atoms with Gasteiger partial charge >= 0.3 is 0 Å². The molecule has 0 unspecified atom stereocenters. The lowest BCUT2D eigenvalue weighted by molar-refractivity contribution is 1.18. The molecule has 0 N–H and O–H groups in total. The third kappa shape index (κ3) is 3.84. The maximum Gasteiger partial charge on any atom is 0.146 e. The number of fused-ring (bicyclic) bond motifs is 3. The predicted molar refractivity (Wildman–Crippen MR) is 170 cm³/mol. The molecule has 0 spiro atoms. The van der Waals surface area contributed by atoms with Crippen LogP contribution in [-0.4, -0.2) is 12.6 Å². The number of hydrogen-bond acceptors (Lipinski definition) is 0. The van der Waals surface area contributed by atoms with Crippen molar-refractivity contribution in [3.05, 3.63) is 158 Å². The SMILES string of the molecule is C[Si](c1ccccc1)(c1ccccc1)c1ccccc1-c1cccc(-n2c3ccccc3c3ccccc32)c1. The molecule has 0 atom stereocenters. The molecule has 7 rings (SSSR count). The molecule has 1 heterocycles. The molecule has 7 aromatic rings. The minimum atomic E-state index is -2.28. The van der Waals surface area contributed by atoms with Crippen molar-refractivity contribution in [2.45, 2.75) is 6.55 Å². The monoisotopic (exact) mass is 515 g/mol. The average Bonchev–Trinajstić information content (AvgIpc) is 3.36. The number of aromatic nitrogens is 1. The maximum absolute atomic E-state index is 2.49. The van der Waals surface area contributed by atoms with E-state index in [9.17, 15) is 0 Å². The minimum absolute atomic E-state index is 1.18. The van der Waals surface area contributed by atoms with Crippen LogP contribution in [0.15, 0.2) is 158 Å². The largest absolute Gasteiger partial charge is 0.309 e. The van der Waals surface area contributed by atoms with E-state index in [2.05, 4.69) is 169 Å². The molecule has 0 saturated heterocycles. The summed E-state index contributed by atoms with van der Waals surface area (Å²) in [7, 11) is -2.28. The summed E-state index contributed by atoms with van der Waals surface area (Å²) in [6, 6.07) is 57.7. The summed E-state index contributed by atoms with van der Waals surface area (Å²) in [5, 5.41) is 6.84. The van der Waals surface area contributed by atoms with Gasteiger partial charge in [0.1, 0.15) is 8.07 Å². The highest BCUT2D eigenvalue weighted by Gasteiger charge is 2.35. The zero-order chi connectivity index (χ0) is 26.2. The smallest absolute Gasteiger partial charge is 0.146 e. The van der Waals surface area contributed by atoms with E-state index < -0.39 is 8.07 Å². The van der Waals surface area contributed by atoms with Crippen LogP contribution in [-0.2, 0) is 0 Å². The highest BCUT2D eigenvalue weighted by Crippen LogP contribution is 2.33. The number of benzene rings is 6. The Labute approximate surface area is 230 Å². The van der Waals surface area contributed by atoms with Crippen LogP contribution in [0.1, 0.15) is 0 Å². The molecule has 0 aliphatic rings. The predicted octanol–water partition coefficient (Wildman–Crippen LogP) is 7.55. The fourth-order valence-electron chi connectivity index (χ4n) is 6.20. The van der Waals surface area contributed by atoms with Gasteiger partial charge in [0.2, 0.25) is 0 Å². The van der Waals surface area contributed by atoms with Gasteiger partial charge in [-0.2, -0.15) is 0 Å². The Kier molecular flexibility index (Phi) is 5.76. The molecular weight excluding hydrogens is 487 g/mol. The summed E-state index contributed by atoms with van der Waals surface area (Å²) < 4.78 is 2.40. The Morgan fingerprint density at radius 2 is 0.974 bits per heavy atom. The molecule has 0 aliphatic carbocycles. The number of nitrogens with zero attached hydrogens (tertiary/aromatic N) is 1. The fourth-order valence-corrected chi connectivity index (χ4v) is 10.1. The van der Waals surface area contributed by atoms with Crippen LogP contribution in [0.25, 0.3) is 38.6 Å². The van der Waals surface area contributed by atoms with Crippen molar-refractivity contribution < 1.29 is 0 Å². The van der Waals surface area contributed by atoms with Gasteiger partial charge in [0, 0.05) is 16.5 Å². The van der Waals surface area contributed by atoms with Crippen LogP contribution in [0.2, 0.25) is 6.55 Å². The van der Waals surface area contributed by atoms with Crippen LogP contribution >= 0.6 is 0 Å². The summed E-state index contributed by atoms with van der Waals surface area (Å²) in [5.74, 6) is 0. The van der Waals surface area contributed by atoms with E-state index in [0.717, 1.165) is 0 Å². The Hall–Kier alpha value is -4.66. The third-order valence-electron chi connectivity index (χ3n) is 8.16. The zero-order valence-corrected chi connectivity index (χ0v) is 23.0. The fraction of sp³-hybridized carbons (Fsp3) is 0.0270. The van der Waals surface area contributed by atoms with E-state index in [-0.39, 0.29) is 0 Å². The van der Waals surface area contributed by atoms with Crippen LogP contribution < -0.4 is 15.6 Å². The van der Waals surface area contributed by atoms with Crippen molar-refractivity contribution >= 4 is 45.4 Å². The van der Waals surface area contributed by atoms with Crippen LogP contribution in [0.5, 0.6) is 0 Å². The standard InChI is InChI=1S/C37H29NSi/c1-39(30-17-4-2-5-18-30,31-19-6-3-7-20-31)37-26-13-10-21-32(37)28-15-14-16-29(27-28)38-35-24-11-8-22-33(35)34-23-9-12-25-36(34)38/h2-27H,1H3. The summed E-state index contributed by atoms with van der Waals surface area (Å²) >= 11 is 0. The highest BCUT2D eigenvalue weighted by atomic mass is 28.3. The summed E-state index contributed by atoms with van der Waals surface area (Å²) in [6.45, 7) is 2.49. The highest BCUT2D eigenvalue weighted by molar-refractivity contribution is 7.11. The van der Waals surface area contributed by atoms with Gasteiger partial charge in [0.05, 0.1) is 11.0 Å². The normalized spacial score (nSPS) is 11.7. The minimum Gasteiger partial charge on any atom is -0.309 e. The second kappa shape index (κ2) is 9.58. The van der Waals surface area contributed by atoms with Crippen molar-refractivity contribution in [2.24, 2.45) is 0 Å². The van der Waals surface area contributed by atoms with Gasteiger partial charge in [-0.05, 0) is 51.0 Å². The molecule has 186 valence electrons. The number of hydrogen-bond donors (Lipinski definition) is 0. The number of para-hydroxylation sites is 2. The second-order valence-electron chi connectivity index (χ2n) is 10.3. The van der Waals surface area contributed by atoms with Gasteiger partial charge in [-0.15, -0.1) is 0 Å². The van der Waals surface area contributed by atoms with E-state index in [1.807, 2.05) is 0 Å². The van der Waals surface area contributed by atoms with Gasteiger partial charge in [-0.25, -0.2) is 0 Å². The van der Waals surface area contributed by atoms with E-state index in [1.165, 1.54) is 54.2 Å². The van der Waals surface area contributed by atoms with Gasteiger partial charge < -0.3 is 4.57 Å². The maximum atomic E-state index is 2.49. The molecule has 39 heavy (non-hydrogen) atoms. The van der Waals surface area contributed by atoms with Crippen molar-refractivity contribution in [1.82, 2.24) is 4.57 Å². The lowest BCUT2D eigenvalue weighted by atomic mass is 10.0. The van der Waals surface area contributed by atoms with Crippen molar-refractivity contribution in [3.8, 4) is 16.8 Å². The molecule has 0 bridgehead atoms. The molecule has 0 aliphatic heterocycles. The Morgan fingerprint density at radius 3 is 1.59 bits per heavy atom. The molecule has 1 nitrogen and oxygen atoms in total. The van der Waals surface area contributed by atoms with E-state index in [4.69, 9.17) is 0 Å². The van der Waals surface area contributed by atoms with E-state index >= 15 is 0 Å². The van der Waals surface area contributed by atoms with Crippen molar-refractivity contribution in [2.75, 3.05) is 0 Å². The first-order chi connectivity index (χ1) is 19.2. The molecular formula is C37H29NSi. The van der Waals surface area contributed by atoms with E-state index in [0.29, 0.717) is 0 Å². The van der Waals surface area contributed by atoms with Crippen LogP contribution in [0, 0.1) is 0 Å². The van der Waals surface area contributed by atoms with Gasteiger partial charge in [-0.1, -0.05) is 140 Å². The average molecular weight is 516 g/mol. The van der Waals surface area contributed by atoms with Crippen LogP contribution in [0.3, 0.4) is 0 Å². The first-order valence-electron chi connectivity index (χ1n) is 13.5. The van der Waals surface area contributed by atoms with E-state index in [1.54, 1.807) is 0 Å². The Morgan fingerprint density at radius 1 is 0.462 bits per heavy atom. The molecule has 0 fully saturated rings. The van der Waals surface area contributed by atoms with Crippen molar-refractivity contribution in [1.29, 1.82) is 0 Å². The summed E-state index contributed by atoms with van der Waals surface area (Å²) in [5.41, 5.74) is 6.20. The zero-order valence-electron chi connectivity index (χ0n) is 22.0. The first-order valence-corrected chi connectivity index (χ1v) is 16.0. The first kappa shape index (κ1) is 23.5. The molecule has 0 saturated carbocycles. The van der Waals surface area contributed by atoms with Crippen molar-refractivity contribution in [3.63, 3.8) is 0 Å². The quantitative estimate of drug-likeness (QED) is 0.165.